The number of carbonyl (C=O) groups is 1. The number of hydrogen-bond donors (Lipinski definition) is 0. The number of nitrogens with zero attached hydrogens (tertiary/aromatic N) is 3. The number of rotatable bonds is 5. The summed E-state index contributed by atoms with van der Waals surface area (Å²) in [5, 5.41) is 0.697. The molecule has 2 saturated heterocycles. The Morgan fingerprint density at radius 1 is 1.28 bits per heavy atom. The first-order valence-electron chi connectivity index (χ1n) is 10.9. The quantitative estimate of drug-likeness (QED) is 0.455. The van der Waals surface area contributed by atoms with Gasteiger partial charge in [0.2, 0.25) is 0 Å². The van der Waals surface area contributed by atoms with Crippen LogP contribution in [0.4, 0.5) is 13.2 Å². The summed E-state index contributed by atoms with van der Waals surface area (Å²) in [5.74, 6) is 0.469. The average Bonchev–Trinajstić information content (AvgIpc) is 3.31. The molecule has 2 unspecified atom stereocenters. The number of benzene rings is 1. The van der Waals surface area contributed by atoms with Crippen molar-refractivity contribution in [2.75, 3.05) is 25.4 Å². The van der Waals surface area contributed by atoms with Gasteiger partial charge in [0.25, 0.3) is 5.91 Å². The second-order valence-corrected chi connectivity index (χ2v) is 9.32. The first-order chi connectivity index (χ1) is 15.3. The zero-order chi connectivity index (χ0) is 22.7. The molecule has 0 spiro atoms. The topological polar surface area (TPSA) is 55.3 Å². The number of carbonyl (C=O) groups excluding carboxylic acids is 1. The van der Waals surface area contributed by atoms with Gasteiger partial charge in [-0.1, -0.05) is 17.8 Å². The van der Waals surface area contributed by atoms with Crippen LogP contribution in [0.5, 0.6) is 0 Å². The molecule has 2 atom stereocenters. The van der Waals surface area contributed by atoms with E-state index in [2.05, 4.69) is 4.98 Å². The number of thioether (sulfide) groups is 1. The van der Waals surface area contributed by atoms with Gasteiger partial charge in [-0.15, -0.1) is 0 Å². The standard InChI is InChI=1S/C23H26F3N3O2S/c1-15-12-27-22(32-14-19-8-4-10-31-19)28-20(15)17-6-3-9-29(13-17)21(30)16-5-2-7-18(11-16)23(24,25)26/h2,5,7,11-12,17,19H,3-4,6,8-10,13-14H2,1H3. The molecule has 9 heteroatoms. The van der Waals surface area contributed by atoms with Crippen LogP contribution in [-0.4, -0.2) is 52.3 Å². The maximum absolute atomic E-state index is 13.1. The van der Waals surface area contributed by atoms with Gasteiger partial charge >= 0.3 is 6.18 Å². The molecule has 1 aromatic heterocycles. The third-order valence-electron chi connectivity index (χ3n) is 5.94. The van der Waals surface area contributed by atoms with Crippen molar-refractivity contribution < 1.29 is 22.7 Å². The van der Waals surface area contributed by atoms with Crippen molar-refractivity contribution in [2.24, 2.45) is 0 Å². The summed E-state index contributed by atoms with van der Waals surface area (Å²) < 4.78 is 44.8. The van der Waals surface area contributed by atoms with Gasteiger partial charge in [-0.3, -0.25) is 4.79 Å². The summed E-state index contributed by atoms with van der Waals surface area (Å²) in [5.41, 5.74) is 1.13. The Bertz CT molecular complexity index is 964. The van der Waals surface area contributed by atoms with E-state index < -0.39 is 11.7 Å². The summed E-state index contributed by atoms with van der Waals surface area (Å²) in [4.78, 5) is 23.8. The smallest absolute Gasteiger partial charge is 0.377 e. The highest BCUT2D eigenvalue weighted by Crippen LogP contribution is 2.32. The fourth-order valence-electron chi connectivity index (χ4n) is 4.26. The van der Waals surface area contributed by atoms with Gasteiger partial charge in [-0.2, -0.15) is 13.2 Å². The third-order valence-corrected chi connectivity index (χ3v) is 6.94. The number of likely N-dealkylation sites (tertiary alicyclic amines) is 1. The Morgan fingerprint density at radius 2 is 2.12 bits per heavy atom. The van der Waals surface area contributed by atoms with Crippen molar-refractivity contribution in [2.45, 2.75) is 56.0 Å². The highest BCUT2D eigenvalue weighted by Gasteiger charge is 2.32. The largest absolute Gasteiger partial charge is 0.416 e. The molecule has 1 aromatic carbocycles. The number of alkyl halides is 3. The first-order valence-corrected chi connectivity index (χ1v) is 11.8. The van der Waals surface area contributed by atoms with Gasteiger partial charge in [-0.05, 0) is 56.4 Å². The molecule has 2 aliphatic heterocycles. The zero-order valence-corrected chi connectivity index (χ0v) is 18.7. The Kier molecular flexibility index (Phi) is 7.05. The number of aryl methyl sites for hydroxylation is 1. The number of hydrogen-bond acceptors (Lipinski definition) is 5. The zero-order valence-electron chi connectivity index (χ0n) is 17.9. The van der Waals surface area contributed by atoms with E-state index in [4.69, 9.17) is 9.72 Å². The summed E-state index contributed by atoms with van der Waals surface area (Å²) in [6, 6.07) is 4.64. The third kappa shape index (κ3) is 5.43. The molecule has 0 N–H and O–H groups in total. The average molecular weight is 466 g/mol. The lowest BCUT2D eigenvalue weighted by molar-refractivity contribution is -0.137. The Morgan fingerprint density at radius 3 is 2.88 bits per heavy atom. The fourth-order valence-corrected chi connectivity index (χ4v) is 5.15. The van der Waals surface area contributed by atoms with Gasteiger partial charge in [-0.25, -0.2) is 9.97 Å². The lowest BCUT2D eigenvalue weighted by Gasteiger charge is -2.33. The molecule has 3 heterocycles. The fraction of sp³-hybridized carbons (Fsp3) is 0.522. The van der Waals surface area contributed by atoms with Gasteiger partial charge in [0.1, 0.15) is 0 Å². The Hall–Kier alpha value is -2.13. The Balaban J connectivity index is 1.46. The molecule has 0 radical (unpaired) electrons. The molecular weight excluding hydrogens is 439 g/mol. The summed E-state index contributed by atoms with van der Waals surface area (Å²) in [7, 11) is 0. The molecule has 5 nitrogen and oxygen atoms in total. The molecule has 1 amide bonds. The number of ether oxygens (including phenoxy) is 1. The Labute approximate surface area is 189 Å². The van der Waals surface area contributed by atoms with Crippen molar-refractivity contribution >= 4 is 17.7 Å². The van der Waals surface area contributed by atoms with E-state index in [0.717, 1.165) is 61.4 Å². The lowest BCUT2D eigenvalue weighted by atomic mass is 9.92. The molecule has 172 valence electrons. The van der Waals surface area contributed by atoms with Gasteiger partial charge in [0, 0.05) is 43.1 Å². The van der Waals surface area contributed by atoms with Gasteiger partial charge in [0.05, 0.1) is 17.4 Å². The van der Waals surface area contributed by atoms with Crippen LogP contribution in [0.2, 0.25) is 0 Å². The van der Waals surface area contributed by atoms with Crippen molar-refractivity contribution in [1.29, 1.82) is 0 Å². The molecule has 0 aliphatic carbocycles. The van der Waals surface area contributed by atoms with E-state index in [-0.39, 0.29) is 23.5 Å². The molecular formula is C23H26F3N3O2S. The maximum atomic E-state index is 13.1. The predicted octanol–water partition coefficient (Wildman–Crippen LogP) is 5.09. The van der Waals surface area contributed by atoms with E-state index in [0.29, 0.717) is 18.2 Å². The normalized spacial score (nSPS) is 21.7. The van der Waals surface area contributed by atoms with Crippen LogP contribution in [0.3, 0.4) is 0 Å². The number of halogens is 3. The second kappa shape index (κ2) is 9.79. The summed E-state index contributed by atoms with van der Waals surface area (Å²) in [6.45, 7) is 3.72. The van der Waals surface area contributed by atoms with Crippen LogP contribution in [0.1, 0.15) is 58.8 Å². The number of piperidine rings is 1. The monoisotopic (exact) mass is 465 g/mol. The second-order valence-electron chi connectivity index (χ2n) is 8.34. The summed E-state index contributed by atoms with van der Waals surface area (Å²) in [6.07, 6.45) is 1.37. The van der Waals surface area contributed by atoms with Crippen LogP contribution in [0.15, 0.2) is 35.6 Å². The van der Waals surface area contributed by atoms with Crippen LogP contribution in [0.25, 0.3) is 0 Å². The molecule has 32 heavy (non-hydrogen) atoms. The molecule has 4 rings (SSSR count). The van der Waals surface area contributed by atoms with Crippen LogP contribution in [-0.2, 0) is 10.9 Å². The van der Waals surface area contributed by atoms with Crippen LogP contribution >= 0.6 is 11.8 Å². The number of amides is 1. The molecule has 2 aliphatic rings. The maximum Gasteiger partial charge on any atom is 0.416 e. The minimum atomic E-state index is -4.48. The minimum Gasteiger partial charge on any atom is -0.377 e. The molecule has 0 saturated carbocycles. The van der Waals surface area contributed by atoms with Crippen LogP contribution in [0, 0.1) is 6.92 Å². The molecule has 2 fully saturated rings. The van der Waals surface area contributed by atoms with Crippen molar-refractivity contribution in [3.05, 3.63) is 52.8 Å². The van der Waals surface area contributed by atoms with E-state index in [1.807, 2.05) is 13.1 Å². The predicted molar refractivity (Wildman–Crippen MR) is 116 cm³/mol. The highest BCUT2D eigenvalue weighted by molar-refractivity contribution is 7.99. The molecule has 0 bridgehead atoms. The first kappa shape index (κ1) is 23.0. The van der Waals surface area contributed by atoms with Crippen molar-refractivity contribution in [3.63, 3.8) is 0 Å². The van der Waals surface area contributed by atoms with Crippen LogP contribution < -0.4 is 0 Å². The van der Waals surface area contributed by atoms with Gasteiger partial charge in [0.15, 0.2) is 5.16 Å². The van der Waals surface area contributed by atoms with Gasteiger partial charge < -0.3 is 9.64 Å². The lowest BCUT2D eigenvalue weighted by Crippen LogP contribution is -2.39. The van der Waals surface area contributed by atoms with E-state index >= 15 is 0 Å². The van der Waals surface area contributed by atoms with Crippen molar-refractivity contribution in [3.8, 4) is 0 Å². The number of aromatic nitrogens is 2. The SMILES string of the molecule is Cc1cnc(SCC2CCCO2)nc1C1CCCN(C(=O)c2cccc(C(F)(F)F)c2)C1. The van der Waals surface area contributed by atoms with E-state index in [1.165, 1.54) is 12.1 Å². The van der Waals surface area contributed by atoms with Crippen molar-refractivity contribution in [1.82, 2.24) is 14.9 Å². The summed E-state index contributed by atoms with van der Waals surface area (Å²) >= 11 is 1.58. The molecule has 2 aromatic rings. The van der Waals surface area contributed by atoms with E-state index in [1.54, 1.807) is 16.7 Å². The van der Waals surface area contributed by atoms with E-state index in [9.17, 15) is 18.0 Å². The minimum absolute atomic E-state index is 0.0311. The highest BCUT2D eigenvalue weighted by atomic mass is 32.2.